The van der Waals surface area contributed by atoms with Crippen LogP contribution in [0, 0.1) is 18.8 Å². The van der Waals surface area contributed by atoms with Gasteiger partial charge in [-0.15, -0.1) is 0 Å². The summed E-state index contributed by atoms with van der Waals surface area (Å²) in [7, 11) is 0. The summed E-state index contributed by atoms with van der Waals surface area (Å²) in [5.41, 5.74) is 0. The van der Waals surface area contributed by atoms with Crippen molar-refractivity contribution in [3.05, 3.63) is 5.82 Å². The number of aryl methyl sites for hydroxylation is 1. The van der Waals surface area contributed by atoms with E-state index in [9.17, 15) is 0 Å². The predicted molar refractivity (Wildman–Crippen MR) is 67.6 cm³/mol. The standard InChI is InChI=1S/C9H16N2S3/c1-6(2)8(4-12)5-13-9-10-7(3)11-14-9/h6,8,12H,4-5H2,1-3H3. The fraction of sp³-hybridized carbons (Fsp3) is 0.778. The molecule has 0 aromatic carbocycles. The van der Waals surface area contributed by atoms with Gasteiger partial charge in [0.2, 0.25) is 0 Å². The van der Waals surface area contributed by atoms with Crippen LogP contribution in [-0.4, -0.2) is 20.9 Å². The summed E-state index contributed by atoms with van der Waals surface area (Å²) in [5.74, 6) is 4.27. The van der Waals surface area contributed by atoms with E-state index >= 15 is 0 Å². The van der Waals surface area contributed by atoms with Gasteiger partial charge in [0.15, 0.2) is 4.34 Å². The zero-order valence-corrected chi connectivity index (χ0v) is 11.3. The monoisotopic (exact) mass is 248 g/mol. The molecule has 14 heavy (non-hydrogen) atoms. The summed E-state index contributed by atoms with van der Waals surface area (Å²) in [5, 5.41) is 0. The van der Waals surface area contributed by atoms with Crippen molar-refractivity contribution in [2.45, 2.75) is 25.1 Å². The molecule has 1 aromatic rings. The Balaban J connectivity index is 2.39. The highest BCUT2D eigenvalue weighted by Crippen LogP contribution is 2.25. The predicted octanol–water partition coefficient (Wildman–Crippen LogP) is 3.14. The minimum Gasteiger partial charge on any atom is -0.213 e. The van der Waals surface area contributed by atoms with Crippen LogP contribution in [0.5, 0.6) is 0 Å². The maximum Gasteiger partial charge on any atom is 0.170 e. The third kappa shape index (κ3) is 3.79. The molecule has 1 unspecified atom stereocenters. The van der Waals surface area contributed by atoms with Gasteiger partial charge in [-0.1, -0.05) is 25.6 Å². The zero-order valence-electron chi connectivity index (χ0n) is 8.73. The number of hydrogen-bond acceptors (Lipinski definition) is 5. The number of nitrogens with zero attached hydrogens (tertiary/aromatic N) is 2. The number of hydrogen-bond donors (Lipinski definition) is 1. The van der Waals surface area contributed by atoms with Crippen molar-refractivity contribution >= 4 is 35.9 Å². The van der Waals surface area contributed by atoms with Crippen LogP contribution in [0.1, 0.15) is 19.7 Å². The van der Waals surface area contributed by atoms with Gasteiger partial charge < -0.3 is 0 Å². The molecular weight excluding hydrogens is 232 g/mol. The molecule has 2 nitrogen and oxygen atoms in total. The topological polar surface area (TPSA) is 25.8 Å². The summed E-state index contributed by atoms with van der Waals surface area (Å²) < 4.78 is 5.23. The zero-order chi connectivity index (χ0) is 10.6. The fourth-order valence-electron chi connectivity index (χ4n) is 0.971. The van der Waals surface area contributed by atoms with Gasteiger partial charge in [-0.05, 0) is 36.0 Å². The average molecular weight is 248 g/mol. The normalized spacial score (nSPS) is 13.5. The molecule has 0 aliphatic heterocycles. The van der Waals surface area contributed by atoms with E-state index in [2.05, 4.69) is 35.8 Å². The third-order valence-corrected chi connectivity index (χ3v) is 4.69. The highest BCUT2D eigenvalue weighted by atomic mass is 32.2. The Labute approximate surface area is 99.5 Å². The Kier molecular flexibility index (Phi) is 5.26. The van der Waals surface area contributed by atoms with E-state index in [1.54, 1.807) is 11.8 Å². The quantitative estimate of drug-likeness (QED) is 0.640. The number of aromatic nitrogens is 2. The molecular formula is C9H16N2S3. The van der Waals surface area contributed by atoms with Crippen LogP contribution in [0.2, 0.25) is 0 Å². The van der Waals surface area contributed by atoms with E-state index in [1.807, 2.05) is 6.92 Å². The van der Waals surface area contributed by atoms with Crippen LogP contribution >= 0.6 is 35.9 Å². The van der Waals surface area contributed by atoms with E-state index in [4.69, 9.17) is 0 Å². The maximum absolute atomic E-state index is 4.36. The molecule has 0 fully saturated rings. The van der Waals surface area contributed by atoms with Crippen molar-refractivity contribution in [2.75, 3.05) is 11.5 Å². The van der Waals surface area contributed by atoms with Crippen LogP contribution in [-0.2, 0) is 0 Å². The molecule has 0 N–H and O–H groups in total. The SMILES string of the molecule is Cc1nsc(SCC(CS)C(C)C)n1. The van der Waals surface area contributed by atoms with Gasteiger partial charge in [-0.2, -0.15) is 17.0 Å². The summed E-state index contributed by atoms with van der Waals surface area (Å²) in [6.07, 6.45) is 0. The van der Waals surface area contributed by atoms with Gasteiger partial charge in [0, 0.05) is 5.75 Å². The molecule has 1 heterocycles. The highest BCUT2D eigenvalue weighted by molar-refractivity contribution is 8.00. The second-order valence-electron chi connectivity index (χ2n) is 3.61. The summed E-state index contributed by atoms with van der Waals surface area (Å²) >= 11 is 7.65. The molecule has 0 saturated carbocycles. The lowest BCUT2D eigenvalue weighted by Crippen LogP contribution is -2.13. The fourth-order valence-corrected chi connectivity index (χ4v) is 3.70. The van der Waals surface area contributed by atoms with Gasteiger partial charge in [-0.3, -0.25) is 0 Å². The minimum atomic E-state index is 0.660. The van der Waals surface area contributed by atoms with Crippen molar-refractivity contribution < 1.29 is 0 Å². The molecule has 0 aliphatic carbocycles. The Morgan fingerprint density at radius 1 is 1.50 bits per heavy atom. The van der Waals surface area contributed by atoms with E-state index in [1.165, 1.54) is 11.5 Å². The van der Waals surface area contributed by atoms with Crippen molar-refractivity contribution in [1.29, 1.82) is 0 Å². The van der Waals surface area contributed by atoms with Crippen molar-refractivity contribution in [3.63, 3.8) is 0 Å². The van der Waals surface area contributed by atoms with Crippen molar-refractivity contribution in [3.8, 4) is 0 Å². The van der Waals surface area contributed by atoms with E-state index in [-0.39, 0.29) is 0 Å². The third-order valence-electron chi connectivity index (χ3n) is 2.11. The van der Waals surface area contributed by atoms with Gasteiger partial charge >= 0.3 is 0 Å². The first-order valence-corrected chi connectivity index (χ1v) is 7.06. The molecule has 0 saturated heterocycles. The largest absolute Gasteiger partial charge is 0.213 e. The first-order chi connectivity index (χ1) is 6.63. The lowest BCUT2D eigenvalue weighted by molar-refractivity contribution is 0.473. The second kappa shape index (κ2) is 5.98. The lowest BCUT2D eigenvalue weighted by atomic mass is 10.0. The van der Waals surface area contributed by atoms with E-state index in [0.29, 0.717) is 11.8 Å². The van der Waals surface area contributed by atoms with E-state index in [0.717, 1.165) is 21.7 Å². The first kappa shape index (κ1) is 12.3. The maximum atomic E-state index is 4.36. The Morgan fingerprint density at radius 2 is 2.21 bits per heavy atom. The van der Waals surface area contributed by atoms with E-state index < -0.39 is 0 Å². The molecule has 0 spiro atoms. The van der Waals surface area contributed by atoms with Crippen molar-refractivity contribution in [2.24, 2.45) is 11.8 Å². The first-order valence-electron chi connectivity index (χ1n) is 4.67. The average Bonchev–Trinajstić information content (AvgIpc) is 2.52. The van der Waals surface area contributed by atoms with Gasteiger partial charge in [-0.25, -0.2) is 4.98 Å². The minimum absolute atomic E-state index is 0.660. The Bertz CT molecular complexity index is 273. The summed E-state index contributed by atoms with van der Waals surface area (Å²) in [6, 6.07) is 0. The van der Waals surface area contributed by atoms with Crippen LogP contribution in [0.3, 0.4) is 0 Å². The van der Waals surface area contributed by atoms with Crippen LogP contribution < -0.4 is 0 Å². The molecule has 1 aromatic heterocycles. The smallest absolute Gasteiger partial charge is 0.170 e. The molecule has 0 aliphatic rings. The Morgan fingerprint density at radius 3 is 2.64 bits per heavy atom. The number of thioether (sulfide) groups is 1. The molecule has 0 radical (unpaired) electrons. The molecule has 5 heteroatoms. The Hall–Kier alpha value is 0.260. The highest BCUT2D eigenvalue weighted by Gasteiger charge is 2.13. The van der Waals surface area contributed by atoms with Crippen LogP contribution in [0.4, 0.5) is 0 Å². The summed E-state index contributed by atoms with van der Waals surface area (Å²) in [4.78, 5) is 4.32. The number of thiol groups is 1. The van der Waals surface area contributed by atoms with Gasteiger partial charge in [0.25, 0.3) is 0 Å². The van der Waals surface area contributed by atoms with Crippen LogP contribution in [0.25, 0.3) is 0 Å². The molecule has 0 amide bonds. The van der Waals surface area contributed by atoms with Gasteiger partial charge in [0.05, 0.1) is 0 Å². The molecule has 1 atom stereocenters. The lowest BCUT2D eigenvalue weighted by Gasteiger charge is -2.16. The van der Waals surface area contributed by atoms with Crippen molar-refractivity contribution in [1.82, 2.24) is 9.36 Å². The number of rotatable bonds is 5. The summed E-state index contributed by atoms with van der Waals surface area (Å²) in [6.45, 7) is 6.42. The van der Waals surface area contributed by atoms with Gasteiger partial charge in [0.1, 0.15) is 5.82 Å². The second-order valence-corrected chi connectivity index (χ2v) is 5.99. The molecule has 0 bridgehead atoms. The molecule has 80 valence electrons. The molecule has 1 rings (SSSR count). The van der Waals surface area contributed by atoms with Crippen LogP contribution in [0.15, 0.2) is 4.34 Å².